The predicted octanol–water partition coefficient (Wildman–Crippen LogP) is 5.15. The first kappa shape index (κ1) is 13.4. The number of benzene rings is 2. The van der Waals surface area contributed by atoms with Crippen LogP contribution >= 0.6 is 11.6 Å². The Morgan fingerprint density at radius 3 is 2.40 bits per heavy atom. The SMILES string of the molecule is Cc1c(Cl)cccc1C(=O)c1ccc(C2CCC2)cc1. The van der Waals surface area contributed by atoms with Crippen molar-refractivity contribution in [3.63, 3.8) is 0 Å². The highest BCUT2D eigenvalue weighted by atomic mass is 35.5. The fraction of sp³-hybridized carbons (Fsp3) is 0.278. The van der Waals surface area contributed by atoms with Crippen LogP contribution in [0.2, 0.25) is 5.02 Å². The summed E-state index contributed by atoms with van der Waals surface area (Å²) >= 11 is 6.09. The summed E-state index contributed by atoms with van der Waals surface area (Å²) in [5.74, 6) is 0.747. The Morgan fingerprint density at radius 2 is 1.80 bits per heavy atom. The van der Waals surface area contributed by atoms with E-state index in [0.29, 0.717) is 16.5 Å². The molecule has 1 saturated carbocycles. The van der Waals surface area contributed by atoms with Gasteiger partial charge in [0.25, 0.3) is 0 Å². The Morgan fingerprint density at radius 1 is 1.10 bits per heavy atom. The molecule has 0 amide bonds. The maximum Gasteiger partial charge on any atom is 0.193 e. The summed E-state index contributed by atoms with van der Waals surface area (Å²) in [6.45, 7) is 1.89. The van der Waals surface area contributed by atoms with E-state index in [4.69, 9.17) is 11.6 Å². The van der Waals surface area contributed by atoms with Crippen LogP contribution in [-0.2, 0) is 0 Å². The van der Waals surface area contributed by atoms with Crippen LogP contribution in [0.15, 0.2) is 42.5 Å². The average Bonchev–Trinajstić information content (AvgIpc) is 2.40. The van der Waals surface area contributed by atoms with Crippen LogP contribution in [0.25, 0.3) is 0 Å². The number of rotatable bonds is 3. The summed E-state index contributed by atoms with van der Waals surface area (Å²) in [5, 5.41) is 0.641. The van der Waals surface area contributed by atoms with Gasteiger partial charge in [-0.25, -0.2) is 0 Å². The molecule has 0 heterocycles. The van der Waals surface area contributed by atoms with Gasteiger partial charge in [0.15, 0.2) is 5.78 Å². The van der Waals surface area contributed by atoms with Gasteiger partial charge in [-0.05, 0) is 42.9 Å². The van der Waals surface area contributed by atoms with Gasteiger partial charge in [-0.15, -0.1) is 0 Å². The Kier molecular flexibility index (Phi) is 3.62. The van der Waals surface area contributed by atoms with Crippen molar-refractivity contribution < 1.29 is 4.79 Å². The van der Waals surface area contributed by atoms with E-state index >= 15 is 0 Å². The Bertz CT molecular complexity index is 639. The van der Waals surface area contributed by atoms with E-state index in [1.165, 1.54) is 24.8 Å². The predicted molar refractivity (Wildman–Crippen MR) is 82.7 cm³/mol. The monoisotopic (exact) mass is 284 g/mol. The molecular weight excluding hydrogens is 268 g/mol. The zero-order valence-electron chi connectivity index (χ0n) is 11.5. The molecule has 0 aromatic heterocycles. The minimum Gasteiger partial charge on any atom is -0.289 e. The second-order valence-corrected chi connectivity index (χ2v) is 5.90. The Labute approximate surface area is 124 Å². The van der Waals surface area contributed by atoms with Crippen molar-refractivity contribution in [2.75, 3.05) is 0 Å². The highest BCUT2D eigenvalue weighted by molar-refractivity contribution is 6.32. The number of hydrogen-bond acceptors (Lipinski definition) is 1. The van der Waals surface area contributed by atoms with E-state index in [1.54, 1.807) is 0 Å². The molecule has 0 unspecified atom stereocenters. The topological polar surface area (TPSA) is 17.1 Å². The van der Waals surface area contributed by atoms with Gasteiger partial charge in [-0.2, -0.15) is 0 Å². The standard InChI is InChI=1S/C18H17ClO/c1-12-16(6-3-7-17(12)19)18(20)15-10-8-14(9-11-15)13-4-2-5-13/h3,6-11,13H,2,4-5H2,1H3. The maximum absolute atomic E-state index is 12.5. The minimum absolute atomic E-state index is 0.0464. The molecule has 1 fully saturated rings. The maximum atomic E-state index is 12.5. The van der Waals surface area contributed by atoms with Crippen LogP contribution < -0.4 is 0 Å². The highest BCUT2D eigenvalue weighted by Gasteiger charge is 2.20. The molecule has 0 bridgehead atoms. The molecule has 3 rings (SSSR count). The van der Waals surface area contributed by atoms with Gasteiger partial charge in [0.2, 0.25) is 0 Å². The van der Waals surface area contributed by atoms with Crippen LogP contribution in [0.4, 0.5) is 0 Å². The van der Waals surface area contributed by atoms with Gasteiger partial charge >= 0.3 is 0 Å². The smallest absolute Gasteiger partial charge is 0.193 e. The zero-order chi connectivity index (χ0) is 14.1. The third-order valence-electron chi connectivity index (χ3n) is 4.26. The van der Waals surface area contributed by atoms with Crippen molar-refractivity contribution >= 4 is 17.4 Å². The Balaban J connectivity index is 1.88. The van der Waals surface area contributed by atoms with Gasteiger partial charge in [0, 0.05) is 16.1 Å². The fourth-order valence-corrected chi connectivity index (χ4v) is 2.83. The quantitative estimate of drug-likeness (QED) is 0.713. The van der Waals surface area contributed by atoms with Gasteiger partial charge in [-0.3, -0.25) is 4.79 Å². The van der Waals surface area contributed by atoms with Gasteiger partial charge < -0.3 is 0 Å². The fourth-order valence-electron chi connectivity index (χ4n) is 2.66. The van der Waals surface area contributed by atoms with Crippen molar-refractivity contribution in [1.82, 2.24) is 0 Å². The summed E-state index contributed by atoms with van der Waals surface area (Å²) in [6, 6.07) is 13.5. The highest BCUT2D eigenvalue weighted by Crippen LogP contribution is 2.36. The molecule has 0 aliphatic heterocycles. The number of carbonyl (C=O) groups is 1. The van der Waals surface area contributed by atoms with Crippen molar-refractivity contribution in [1.29, 1.82) is 0 Å². The minimum atomic E-state index is 0.0464. The van der Waals surface area contributed by atoms with E-state index in [1.807, 2.05) is 37.3 Å². The van der Waals surface area contributed by atoms with Gasteiger partial charge in [0.1, 0.15) is 0 Å². The van der Waals surface area contributed by atoms with Crippen LogP contribution in [-0.4, -0.2) is 5.78 Å². The summed E-state index contributed by atoms with van der Waals surface area (Å²) in [6.07, 6.45) is 3.88. The first-order chi connectivity index (χ1) is 9.66. The molecule has 0 spiro atoms. The summed E-state index contributed by atoms with van der Waals surface area (Å²) in [5.41, 5.74) is 3.63. The molecule has 1 aliphatic rings. The van der Waals surface area contributed by atoms with Crippen LogP contribution in [0.5, 0.6) is 0 Å². The third-order valence-corrected chi connectivity index (χ3v) is 4.67. The van der Waals surface area contributed by atoms with Crippen molar-refractivity contribution in [3.8, 4) is 0 Å². The number of halogens is 1. The molecule has 0 radical (unpaired) electrons. The molecular formula is C18H17ClO. The molecule has 2 aromatic carbocycles. The number of hydrogen-bond donors (Lipinski definition) is 0. The largest absolute Gasteiger partial charge is 0.289 e. The summed E-state index contributed by atoms with van der Waals surface area (Å²) in [7, 11) is 0. The van der Waals surface area contributed by atoms with Crippen LogP contribution in [0, 0.1) is 6.92 Å². The van der Waals surface area contributed by atoms with Gasteiger partial charge in [0.05, 0.1) is 0 Å². The Hall–Kier alpha value is -1.60. The van der Waals surface area contributed by atoms with Crippen molar-refractivity contribution in [2.24, 2.45) is 0 Å². The lowest BCUT2D eigenvalue weighted by atomic mass is 9.80. The molecule has 102 valence electrons. The number of ketones is 1. The van der Waals surface area contributed by atoms with E-state index in [2.05, 4.69) is 12.1 Å². The third kappa shape index (κ3) is 2.38. The molecule has 2 aromatic rings. The molecule has 0 N–H and O–H groups in total. The normalized spacial score (nSPS) is 14.9. The van der Waals surface area contributed by atoms with Gasteiger partial charge in [-0.1, -0.05) is 54.4 Å². The molecule has 1 nitrogen and oxygen atoms in total. The lowest BCUT2D eigenvalue weighted by molar-refractivity contribution is 0.103. The number of carbonyl (C=O) groups excluding carboxylic acids is 1. The molecule has 1 aliphatic carbocycles. The lowest BCUT2D eigenvalue weighted by Gasteiger charge is -2.25. The van der Waals surface area contributed by atoms with Crippen molar-refractivity contribution in [3.05, 3.63) is 69.7 Å². The zero-order valence-corrected chi connectivity index (χ0v) is 12.3. The molecule has 20 heavy (non-hydrogen) atoms. The average molecular weight is 285 g/mol. The lowest BCUT2D eigenvalue weighted by Crippen LogP contribution is -2.09. The van der Waals surface area contributed by atoms with E-state index < -0.39 is 0 Å². The first-order valence-corrected chi connectivity index (χ1v) is 7.44. The summed E-state index contributed by atoms with van der Waals surface area (Å²) in [4.78, 5) is 12.5. The molecule has 0 atom stereocenters. The van der Waals surface area contributed by atoms with E-state index in [-0.39, 0.29) is 5.78 Å². The molecule has 0 saturated heterocycles. The van der Waals surface area contributed by atoms with E-state index in [9.17, 15) is 4.79 Å². The van der Waals surface area contributed by atoms with Crippen LogP contribution in [0.1, 0.15) is 52.2 Å². The summed E-state index contributed by atoms with van der Waals surface area (Å²) < 4.78 is 0. The second-order valence-electron chi connectivity index (χ2n) is 5.49. The van der Waals surface area contributed by atoms with Crippen LogP contribution in [0.3, 0.4) is 0 Å². The first-order valence-electron chi connectivity index (χ1n) is 7.06. The van der Waals surface area contributed by atoms with E-state index in [0.717, 1.165) is 11.1 Å². The second kappa shape index (κ2) is 5.41. The molecule has 2 heteroatoms. The van der Waals surface area contributed by atoms with Crippen molar-refractivity contribution in [2.45, 2.75) is 32.1 Å².